The molecule has 0 unspecified atom stereocenters. The average molecular weight is 352 g/mol. The van der Waals surface area contributed by atoms with Crippen LogP contribution in [0.4, 0.5) is 0 Å². The van der Waals surface area contributed by atoms with Crippen molar-refractivity contribution in [2.75, 3.05) is 0 Å². The second kappa shape index (κ2) is 14.3. The van der Waals surface area contributed by atoms with Crippen LogP contribution >= 0.6 is 0 Å². The first-order valence-corrected chi connectivity index (χ1v) is 5.21. The van der Waals surface area contributed by atoms with E-state index in [2.05, 4.69) is 13.8 Å². The van der Waals surface area contributed by atoms with Crippen molar-refractivity contribution in [2.24, 2.45) is 0 Å². The third kappa shape index (κ3) is 13.3. The average Bonchev–Trinajstić information content (AvgIpc) is 2.03. The van der Waals surface area contributed by atoms with Gasteiger partial charge in [0.1, 0.15) is 0 Å². The van der Waals surface area contributed by atoms with Gasteiger partial charge in [0.15, 0.2) is 0 Å². The Morgan fingerprint density at radius 1 is 0.750 bits per heavy atom. The number of hydrogen-bond acceptors (Lipinski definition) is 0. The maximum atomic E-state index is 3.83. The third-order valence-electron chi connectivity index (χ3n) is 2.10. The van der Waals surface area contributed by atoms with Gasteiger partial charge in [0, 0.05) is 0 Å². The summed E-state index contributed by atoms with van der Waals surface area (Å²) in [5.41, 5.74) is 0. The molecular formula is C11H23Au. The smallest absolute Gasteiger partial charge is 0.343 e. The van der Waals surface area contributed by atoms with Gasteiger partial charge < -0.3 is 6.92 Å². The van der Waals surface area contributed by atoms with Gasteiger partial charge in [-0.3, -0.25) is 0 Å². The molecule has 0 atom stereocenters. The Labute approximate surface area is 94.0 Å². The van der Waals surface area contributed by atoms with E-state index in [4.69, 9.17) is 0 Å². The summed E-state index contributed by atoms with van der Waals surface area (Å²) in [4.78, 5) is 0. The van der Waals surface area contributed by atoms with Crippen LogP contribution in [0, 0.1) is 6.92 Å². The summed E-state index contributed by atoms with van der Waals surface area (Å²) in [6, 6.07) is 0. The fraction of sp³-hybridized carbons (Fsp3) is 0.909. The molecule has 0 N–H and O–H groups in total. The van der Waals surface area contributed by atoms with Gasteiger partial charge >= 0.3 is 22.4 Å². The normalized spacial score (nSPS) is 9.50. The monoisotopic (exact) mass is 352 g/mol. The molecule has 0 fully saturated rings. The van der Waals surface area contributed by atoms with E-state index in [1.165, 1.54) is 51.4 Å². The van der Waals surface area contributed by atoms with E-state index in [-0.39, 0.29) is 22.4 Å². The van der Waals surface area contributed by atoms with Gasteiger partial charge in [-0.15, -0.1) is 0 Å². The van der Waals surface area contributed by atoms with Crippen molar-refractivity contribution in [2.45, 2.75) is 64.7 Å². The molecule has 78 valence electrons. The Morgan fingerprint density at radius 3 is 1.58 bits per heavy atom. The van der Waals surface area contributed by atoms with Gasteiger partial charge in [-0.25, -0.2) is 0 Å². The van der Waals surface area contributed by atoms with Crippen molar-refractivity contribution in [3.8, 4) is 0 Å². The van der Waals surface area contributed by atoms with E-state index < -0.39 is 0 Å². The quantitative estimate of drug-likeness (QED) is 0.346. The SMILES string of the molecule is [Au+].[CH2-]CCCCCCCCCC. The Hall–Kier alpha value is 0.740. The minimum Gasteiger partial charge on any atom is -0.343 e. The molecule has 0 rings (SSSR count). The summed E-state index contributed by atoms with van der Waals surface area (Å²) in [6.45, 7) is 6.10. The molecule has 0 aliphatic rings. The summed E-state index contributed by atoms with van der Waals surface area (Å²) in [7, 11) is 0. The number of unbranched alkanes of at least 4 members (excludes halogenated alkanes) is 8. The molecule has 0 aromatic rings. The van der Waals surface area contributed by atoms with Crippen molar-refractivity contribution in [3.63, 3.8) is 0 Å². The van der Waals surface area contributed by atoms with Crippen LogP contribution in [0.3, 0.4) is 0 Å². The van der Waals surface area contributed by atoms with Gasteiger partial charge in [0.05, 0.1) is 0 Å². The Balaban J connectivity index is 0. The van der Waals surface area contributed by atoms with E-state index in [1.807, 2.05) is 0 Å². The van der Waals surface area contributed by atoms with Gasteiger partial charge in [0.25, 0.3) is 0 Å². The summed E-state index contributed by atoms with van der Waals surface area (Å²) in [6.07, 6.45) is 12.4. The first kappa shape index (κ1) is 15.2. The first-order valence-electron chi connectivity index (χ1n) is 5.21. The minimum atomic E-state index is 0. The predicted octanol–water partition coefficient (Wildman–Crippen LogP) is 4.35. The van der Waals surface area contributed by atoms with Crippen LogP contribution in [-0.4, -0.2) is 0 Å². The van der Waals surface area contributed by atoms with Crippen molar-refractivity contribution in [3.05, 3.63) is 6.92 Å². The van der Waals surface area contributed by atoms with E-state index in [1.54, 1.807) is 0 Å². The van der Waals surface area contributed by atoms with E-state index in [0.29, 0.717) is 0 Å². The van der Waals surface area contributed by atoms with Crippen molar-refractivity contribution in [1.82, 2.24) is 0 Å². The summed E-state index contributed by atoms with van der Waals surface area (Å²) in [5.74, 6) is 0. The van der Waals surface area contributed by atoms with Crippen LogP contribution in [0.2, 0.25) is 0 Å². The molecule has 0 aromatic heterocycles. The van der Waals surface area contributed by atoms with Crippen LogP contribution < -0.4 is 0 Å². The maximum Gasteiger partial charge on any atom is 1.00 e. The van der Waals surface area contributed by atoms with Gasteiger partial charge in [0.2, 0.25) is 0 Å². The van der Waals surface area contributed by atoms with E-state index >= 15 is 0 Å². The van der Waals surface area contributed by atoms with Crippen LogP contribution in [0.1, 0.15) is 64.7 Å². The van der Waals surface area contributed by atoms with Gasteiger partial charge in [-0.2, -0.15) is 6.42 Å². The summed E-state index contributed by atoms with van der Waals surface area (Å²) < 4.78 is 0. The third-order valence-corrected chi connectivity index (χ3v) is 2.10. The van der Waals surface area contributed by atoms with Gasteiger partial charge in [-0.05, 0) is 0 Å². The topological polar surface area (TPSA) is 0 Å². The zero-order chi connectivity index (χ0) is 8.36. The Bertz CT molecular complexity index is 54.0. The van der Waals surface area contributed by atoms with E-state index in [0.717, 1.165) is 6.42 Å². The van der Waals surface area contributed by atoms with Crippen molar-refractivity contribution in [1.29, 1.82) is 0 Å². The standard InChI is InChI=1S/C11H23.Au/c1-3-5-7-9-11-10-8-6-4-2;/h1,3-11H2,2H3;/q-1;+1. The Kier molecular flexibility index (Phi) is 18.1. The summed E-state index contributed by atoms with van der Waals surface area (Å²) >= 11 is 0. The molecule has 0 saturated carbocycles. The molecule has 0 amide bonds. The molecule has 0 spiro atoms. The molecular weight excluding hydrogens is 329 g/mol. The largest absolute Gasteiger partial charge is 1.00 e. The van der Waals surface area contributed by atoms with Crippen LogP contribution in [0.5, 0.6) is 0 Å². The molecule has 0 saturated heterocycles. The molecule has 1 heteroatoms. The second-order valence-electron chi connectivity index (χ2n) is 3.33. The Morgan fingerprint density at radius 2 is 1.17 bits per heavy atom. The molecule has 0 nitrogen and oxygen atoms in total. The molecule has 12 heavy (non-hydrogen) atoms. The zero-order valence-corrected chi connectivity index (χ0v) is 10.5. The van der Waals surface area contributed by atoms with Crippen molar-refractivity contribution >= 4 is 0 Å². The number of hydrogen-bond donors (Lipinski definition) is 0. The molecule has 0 aliphatic carbocycles. The van der Waals surface area contributed by atoms with Crippen molar-refractivity contribution < 1.29 is 22.4 Å². The summed E-state index contributed by atoms with van der Waals surface area (Å²) in [5, 5.41) is 0. The van der Waals surface area contributed by atoms with Gasteiger partial charge in [-0.1, -0.05) is 58.3 Å². The number of rotatable bonds is 8. The molecule has 0 aliphatic heterocycles. The maximum absolute atomic E-state index is 3.83. The molecule has 0 aromatic carbocycles. The molecule has 0 radical (unpaired) electrons. The molecule has 0 heterocycles. The minimum absolute atomic E-state index is 0. The van der Waals surface area contributed by atoms with Crippen LogP contribution in [-0.2, 0) is 22.4 Å². The second-order valence-corrected chi connectivity index (χ2v) is 3.33. The predicted molar refractivity (Wildman–Crippen MR) is 52.6 cm³/mol. The van der Waals surface area contributed by atoms with Crippen LogP contribution in [0.25, 0.3) is 0 Å². The van der Waals surface area contributed by atoms with E-state index in [9.17, 15) is 0 Å². The fourth-order valence-electron chi connectivity index (χ4n) is 1.31. The fourth-order valence-corrected chi connectivity index (χ4v) is 1.31. The zero-order valence-electron chi connectivity index (χ0n) is 8.37. The first-order chi connectivity index (χ1) is 5.41. The molecule has 0 bridgehead atoms. The van der Waals surface area contributed by atoms with Crippen LogP contribution in [0.15, 0.2) is 0 Å².